The smallest absolute Gasteiger partial charge is 0.0621 e. The van der Waals surface area contributed by atoms with Crippen LogP contribution in [0.25, 0.3) is 0 Å². The summed E-state index contributed by atoms with van der Waals surface area (Å²) in [6, 6.07) is 13.0. The quantitative estimate of drug-likeness (QED) is 0.874. The molecule has 0 aliphatic carbocycles. The standard InChI is InChI=1S/C14H14ClNOS/c1-10-3-2-4-11(7-10)9-18(17)14-6-5-12(15)8-13(14)16/h2-8H,9,16H2,1H3. The maximum Gasteiger partial charge on any atom is 0.0621 e. The molecule has 2 aromatic rings. The molecule has 0 saturated carbocycles. The molecular formula is C14H14ClNOS. The second kappa shape index (κ2) is 5.55. The lowest BCUT2D eigenvalue weighted by atomic mass is 10.2. The van der Waals surface area contributed by atoms with Crippen LogP contribution in [-0.4, -0.2) is 4.21 Å². The van der Waals surface area contributed by atoms with E-state index in [1.165, 1.54) is 0 Å². The Labute approximate surface area is 114 Å². The van der Waals surface area contributed by atoms with Gasteiger partial charge in [0.05, 0.1) is 21.4 Å². The number of benzene rings is 2. The summed E-state index contributed by atoms with van der Waals surface area (Å²) in [5, 5.41) is 0.559. The Bertz CT molecular complexity index is 598. The van der Waals surface area contributed by atoms with Crippen LogP contribution in [0.5, 0.6) is 0 Å². The summed E-state index contributed by atoms with van der Waals surface area (Å²) in [5.41, 5.74) is 8.51. The second-order valence-electron chi connectivity index (χ2n) is 4.16. The van der Waals surface area contributed by atoms with E-state index < -0.39 is 10.8 Å². The monoisotopic (exact) mass is 279 g/mol. The number of hydrogen-bond donors (Lipinski definition) is 1. The number of rotatable bonds is 3. The average Bonchev–Trinajstić information content (AvgIpc) is 2.28. The number of aryl methyl sites for hydroxylation is 1. The zero-order chi connectivity index (χ0) is 13.1. The van der Waals surface area contributed by atoms with E-state index in [1.54, 1.807) is 18.2 Å². The van der Waals surface area contributed by atoms with Gasteiger partial charge in [-0.1, -0.05) is 41.4 Å². The molecule has 2 N–H and O–H groups in total. The molecule has 0 radical (unpaired) electrons. The Hall–Kier alpha value is -1.32. The zero-order valence-corrected chi connectivity index (χ0v) is 11.6. The van der Waals surface area contributed by atoms with Gasteiger partial charge in [0.2, 0.25) is 0 Å². The van der Waals surface area contributed by atoms with Gasteiger partial charge in [0.15, 0.2) is 0 Å². The number of halogens is 1. The fraction of sp³-hybridized carbons (Fsp3) is 0.143. The molecule has 0 aliphatic rings. The lowest BCUT2D eigenvalue weighted by molar-refractivity contribution is 0.683. The molecule has 0 amide bonds. The summed E-state index contributed by atoms with van der Waals surface area (Å²) in [6.45, 7) is 2.02. The number of nitrogen functional groups attached to an aromatic ring is 1. The minimum atomic E-state index is -1.15. The van der Waals surface area contributed by atoms with E-state index in [2.05, 4.69) is 0 Å². The van der Waals surface area contributed by atoms with Gasteiger partial charge in [-0.2, -0.15) is 0 Å². The molecule has 2 aromatic carbocycles. The highest BCUT2D eigenvalue weighted by molar-refractivity contribution is 7.84. The summed E-state index contributed by atoms with van der Waals surface area (Å²) in [5.74, 6) is 0.466. The molecule has 94 valence electrons. The predicted molar refractivity (Wildman–Crippen MR) is 77.2 cm³/mol. The van der Waals surface area contributed by atoms with Crippen molar-refractivity contribution in [2.75, 3.05) is 5.73 Å². The summed E-state index contributed by atoms with van der Waals surface area (Å²) in [6.07, 6.45) is 0. The Morgan fingerprint density at radius 2 is 2.00 bits per heavy atom. The largest absolute Gasteiger partial charge is 0.398 e. The summed E-state index contributed by atoms with van der Waals surface area (Å²) in [4.78, 5) is 0.640. The van der Waals surface area contributed by atoms with Gasteiger partial charge >= 0.3 is 0 Å². The minimum absolute atomic E-state index is 0.466. The van der Waals surface area contributed by atoms with E-state index >= 15 is 0 Å². The van der Waals surface area contributed by atoms with Crippen LogP contribution in [0, 0.1) is 6.92 Å². The van der Waals surface area contributed by atoms with Gasteiger partial charge in [0.25, 0.3) is 0 Å². The van der Waals surface area contributed by atoms with Gasteiger partial charge in [-0.25, -0.2) is 0 Å². The van der Waals surface area contributed by atoms with Crippen LogP contribution in [0.3, 0.4) is 0 Å². The fourth-order valence-corrected chi connectivity index (χ4v) is 3.12. The molecule has 1 atom stereocenters. The van der Waals surface area contributed by atoms with Crippen molar-refractivity contribution in [3.63, 3.8) is 0 Å². The molecule has 0 aromatic heterocycles. The molecule has 18 heavy (non-hydrogen) atoms. The molecule has 0 bridgehead atoms. The van der Waals surface area contributed by atoms with Gasteiger partial charge in [-0.05, 0) is 30.7 Å². The molecule has 0 saturated heterocycles. The molecule has 0 heterocycles. The van der Waals surface area contributed by atoms with Gasteiger partial charge in [-0.3, -0.25) is 4.21 Å². The van der Waals surface area contributed by atoms with Crippen LogP contribution < -0.4 is 5.73 Å². The van der Waals surface area contributed by atoms with E-state index in [1.807, 2.05) is 31.2 Å². The maximum atomic E-state index is 12.2. The van der Waals surface area contributed by atoms with E-state index in [0.29, 0.717) is 21.4 Å². The highest BCUT2D eigenvalue weighted by Gasteiger charge is 2.09. The molecule has 0 fully saturated rings. The van der Waals surface area contributed by atoms with Crippen molar-refractivity contribution in [1.29, 1.82) is 0 Å². The molecule has 2 rings (SSSR count). The van der Waals surface area contributed by atoms with Crippen molar-refractivity contribution in [2.24, 2.45) is 0 Å². The van der Waals surface area contributed by atoms with Crippen molar-refractivity contribution in [1.82, 2.24) is 0 Å². The first-order valence-corrected chi connectivity index (χ1v) is 7.25. The van der Waals surface area contributed by atoms with Crippen molar-refractivity contribution in [2.45, 2.75) is 17.6 Å². The molecule has 1 unspecified atom stereocenters. The van der Waals surface area contributed by atoms with Gasteiger partial charge in [-0.15, -0.1) is 0 Å². The Balaban J connectivity index is 2.22. The third-order valence-electron chi connectivity index (χ3n) is 2.60. The second-order valence-corrected chi connectivity index (χ2v) is 6.02. The Kier molecular flexibility index (Phi) is 4.04. The van der Waals surface area contributed by atoms with Crippen LogP contribution >= 0.6 is 11.6 Å². The Morgan fingerprint density at radius 3 is 2.67 bits per heavy atom. The average molecular weight is 280 g/mol. The third-order valence-corrected chi connectivity index (χ3v) is 4.29. The molecule has 4 heteroatoms. The highest BCUT2D eigenvalue weighted by Crippen LogP contribution is 2.23. The lowest BCUT2D eigenvalue weighted by Gasteiger charge is -2.07. The molecular weight excluding hydrogens is 266 g/mol. The van der Waals surface area contributed by atoms with Gasteiger partial charge in [0.1, 0.15) is 0 Å². The first-order chi connectivity index (χ1) is 8.56. The van der Waals surface area contributed by atoms with E-state index in [-0.39, 0.29) is 0 Å². The summed E-state index contributed by atoms with van der Waals surface area (Å²) >= 11 is 5.82. The van der Waals surface area contributed by atoms with E-state index in [0.717, 1.165) is 11.1 Å². The first kappa shape index (κ1) is 13.1. The molecule has 2 nitrogen and oxygen atoms in total. The van der Waals surface area contributed by atoms with Crippen molar-refractivity contribution >= 4 is 28.1 Å². The lowest BCUT2D eigenvalue weighted by Crippen LogP contribution is -2.01. The van der Waals surface area contributed by atoms with Gasteiger partial charge in [0, 0.05) is 10.7 Å². The van der Waals surface area contributed by atoms with Crippen LogP contribution in [0.2, 0.25) is 5.02 Å². The van der Waals surface area contributed by atoms with Crippen LogP contribution in [0.15, 0.2) is 47.4 Å². The molecule has 0 aliphatic heterocycles. The highest BCUT2D eigenvalue weighted by atomic mass is 35.5. The third kappa shape index (κ3) is 3.12. The molecule has 0 spiro atoms. The minimum Gasteiger partial charge on any atom is -0.398 e. The van der Waals surface area contributed by atoms with Crippen LogP contribution in [0.4, 0.5) is 5.69 Å². The maximum absolute atomic E-state index is 12.2. The summed E-state index contributed by atoms with van der Waals surface area (Å²) in [7, 11) is -1.15. The topological polar surface area (TPSA) is 43.1 Å². The first-order valence-electron chi connectivity index (χ1n) is 5.55. The number of hydrogen-bond acceptors (Lipinski definition) is 2. The Morgan fingerprint density at radius 1 is 1.22 bits per heavy atom. The zero-order valence-electron chi connectivity index (χ0n) is 10.0. The van der Waals surface area contributed by atoms with Crippen molar-refractivity contribution in [3.8, 4) is 0 Å². The van der Waals surface area contributed by atoms with Crippen LogP contribution in [-0.2, 0) is 16.6 Å². The number of anilines is 1. The normalized spacial score (nSPS) is 12.3. The van der Waals surface area contributed by atoms with E-state index in [9.17, 15) is 4.21 Å². The van der Waals surface area contributed by atoms with Crippen molar-refractivity contribution in [3.05, 3.63) is 58.6 Å². The SMILES string of the molecule is Cc1cccc(CS(=O)c2ccc(Cl)cc2N)c1. The van der Waals surface area contributed by atoms with Crippen LogP contribution in [0.1, 0.15) is 11.1 Å². The van der Waals surface area contributed by atoms with Crippen molar-refractivity contribution < 1.29 is 4.21 Å². The van der Waals surface area contributed by atoms with Gasteiger partial charge < -0.3 is 5.73 Å². The summed E-state index contributed by atoms with van der Waals surface area (Å²) < 4.78 is 12.2. The fourth-order valence-electron chi connectivity index (χ4n) is 1.76. The van der Waals surface area contributed by atoms with E-state index in [4.69, 9.17) is 17.3 Å². The predicted octanol–water partition coefficient (Wildman–Crippen LogP) is 3.54. The number of nitrogens with two attached hydrogens (primary N) is 1.